The van der Waals surface area contributed by atoms with E-state index in [2.05, 4.69) is 51.2 Å². The van der Waals surface area contributed by atoms with Crippen molar-refractivity contribution in [2.75, 3.05) is 0 Å². The van der Waals surface area contributed by atoms with Gasteiger partial charge in [-0.05, 0) is 57.9 Å². The topological polar surface area (TPSA) is 97.3 Å². The van der Waals surface area contributed by atoms with E-state index >= 15 is 0 Å². The molecule has 2 unspecified atom stereocenters. The minimum atomic E-state index is 0.449. The number of nitrogens with zero attached hydrogens (tertiary/aromatic N) is 1. The van der Waals surface area contributed by atoms with E-state index in [9.17, 15) is 0 Å². The fourth-order valence-electron chi connectivity index (χ4n) is 2.69. The molecule has 30 heavy (non-hydrogen) atoms. The lowest BCUT2D eigenvalue weighted by Crippen LogP contribution is -2.19. The number of carbonyl (C=O) groups excluding carboxylic acids is 1. The highest BCUT2D eigenvalue weighted by Gasteiger charge is 2.01. The van der Waals surface area contributed by atoms with E-state index in [1.165, 1.54) is 38.5 Å². The Kier molecular flexibility index (Phi) is 25.9. The van der Waals surface area contributed by atoms with Crippen molar-refractivity contribution < 1.29 is 4.79 Å². The quantitative estimate of drug-likeness (QED) is 0.393. The van der Waals surface area contributed by atoms with Crippen molar-refractivity contribution >= 4 is 12.5 Å². The minimum Gasteiger partial charge on any atom is -0.365 e. The van der Waals surface area contributed by atoms with Crippen LogP contribution >= 0.6 is 0 Å². The van der Waals surface area contributed by atoms with Crippen LogP contribution in [-0.4, -0.2) is 29.6 Å². The van der Waals surface area contributed by atoms with Crippen LogP contribution in [0.25, 0.3) is 0 Å². The standard InChI is InChI=1S/C9H12N2.C9H21N.C6H15N.CH2O/c1-4-10-7(2)9-5-6-11-8(9)3;1-4-5-9(10)7-6-8(2)3;1-3-5-6(7)4-2;1-2/h4-6,11H,1H2,2-3H3;8-9H,4-7,10H2,1-3H3;6H,3-5,7H2,1-2H3;1H2. The second-order valence-corrected chi connectivity index (χ2v) is 7.89. The van der Waals surface area contributed by atoms with Gasteiger partial charge in [-0.2, -0.15) is 0 Å². The predicted molar refractivity (Wildman–Crippen MR) is 135 cm³/mol. The Hall–Kier alpha value is -1.72. The molecule has 1 heterocycles. The number of carbonyl (C=O) groups is 1. The van der Waals surface area contributed by atoms with E-state index in [0.717, 1.165) is 29.3 Å². The molecule has 5 N–H and O–H groups in total. The van der Waals surface area contributed by atoms with E-state index in [1.54, 1.807) is 6.20 Å². The lowest BCUT2D eigenvalue weighted by Gasteiger charge is -2.10. The molecular weight excluding hydrogens is 372 g/mol. The van der Waals surface area contributed by atoms with E-state index in [-0.39, 0.29) is 0 Å². The van der Waals surface area contributed by atoms with E-state index < -0.39 is 0 Å². The van der Waals surface area contributed by atoms with Gasteiger partial charge < -0.3 is 21.2 Å². The molecule has 0 bridgehead atoms. The summed E-state index contributed by atoms with van der Waals surface area (Å²) < 4.78 is 0. The maximum atomic E-state index is 8.00. The molecule has 0 saturated heterocycles. The molecule has 0 aliphatic carbocycles. The number of H-pyrrole nitrogens is 1. The highest BCUT2D eigenvalue weighted by Crippen LogP contribution is 2.08. The fraction of sp³-hybridized carbons (Fsp3) is 0.680. The maximum absolute atomic E-state index is 8.00. The Balaban J connectivity index is -0.000000358. The van der Waals surface area contributed by atoms with Crippen LogP contribution in [0.3, 0.4) is 0 Å². The number of hydrogen-bond acceptors (Lipinski definition) is 4. The van der Waals surface area contributed by atoms with Crippen LogP contribution < -0.4 is 11.5 Å². The first-order valence-electron chi connectivity index (χ1n) is 11.3. The zero-order chi connectivity index (χ0) is 23.9. The Morgan fingerprint density at radius 1 is 1.07 bits per heavy atom. The minimum absolute atomic E-state index is 0.449. The summed E-state index contributed by atoms with van der Waals surface area (Å²) in [5, 5.41) is 0. The number of aryl methyl sites for hydroxylation is 1. The summed E-state index contributed by atoms with van der Waals surface area (Å²) in [5.41, 5.74) is 14.7. The monoisotopic (exact) mass is 422 g/mol. The zero-order valence-corrected chi connectivity index (χ0v) is 20.8. The number of aliphatic imine (C=N–C) groups is 1. The Morgan fingerprint density at radius 3 is 1.93 bits per heavy atom. The van der Waals surface area contributed by atoms with Gasteiger partial charge in [-0.3, -0.25) is 4.99 Å². The first kappa shape index (κ1) is 32.9. The van der Waals surface area contributed by atoms with Gasteiger partial charge in [0.05, 0.1) is 0 Å². The molecule has 0 radical (unpaired) electrons. The van der Waals surface area contributed by atoms with Crippen molar-refractivity contribution in [3.8, 4) is 0 Å². The number of nitrogens with one attached hydrogen (secondary N) is 1. The van der Waals surface area contributed by atoms with Gasteiger partial charge in [-0.25, -0.2) is 0 Å². The number of aromatic amines is 1. The number of aromatic nitrogens is 1. The molecule has 2 atom stereocenters. The van der Waals surface area contributed by atoms with Crippen molar-refractivity contribution in [3.05, 3.63) is 36.3 Å². The molecule has 0 spiro atoms. The Bertz CT molecular complexity index is 523. The first-order chi connectivity index (χ1) is 14.2. The van der Waals surface area contributed by atoms with Gasteiger partial charge in [-0.1, -0.05) is 54.0 Å². The summed E-state index contributed by atoms with van der Waals surface area (Å²) in [4.78, 5) is 15.2. The Morgan fingerprint density at radius 2 is 1.60 bits per heavy atom. The number of hydrogen-bond donors (Lipinski definition) is 3. The average Bonchev–Trinajstić information content (AvgIpc) is 3.15. The molecule has 1 aromatic heterocycles. The van der Waals surface area contributed by atoms with E-state index in [1.807, 2.05) is 32.9 Å². The average molecular weight is 423 g/mol. The molecule has 0 aliphatic heterocycles. The van der Waals surface area contributed by atoms with E-state index in [0.29, 0.717) is 12.1 Å². The van der Waals surface area contributed by atoms with Crippen molar-refractivity contribution in [2.24, 2.45) is 22.4 Å². The summed E-state index contributed by atoms with van der Waals surface area (Å²) in [6.07, 6.45) is 11.9. The lowest BCUT2D eigenvalue weighted by molar-refractivity contribution is -0.0979. The highest BCUT2D eigenvalue weighted by atomic mass is 16.1. The molecule has 0 saturated carbocycles. The summed E-state index contributed by atoms with van der Waals surface area (Å²) in [6.45, 7) is 20.5. The van der Waals surface area contributed by atoms with Gasteiger partial charge in [0.1, 0.15) is 6.79 Å². The normalized spacial score (nSPS) is 12.4. The molecule has 5 heteroatoms. The zero-order valence-electron chi connectivity index (χ0n) is 20.8. The van der Waals surface area contributed by atoms with Gasteiger partial charge in [0.2, 0.25) is 0 Å². The van der Waals surface area contributed by atoms with Crippen LogP contribution in [0, 0.1) is 12.8 Å². The summed E-state index contributed by atoms with van der Waals surface area (Å²) in [5.74, 6) is 0.808. The van der Waals surface area contributed by atoms with Gasteiger partial charge in [0.15, 0.2) is 0 Å². The third-order valence-electron chi connectivity index (χ3n) is 4.59. The van der Waals surface area contributed by atoms with Crippen LogP contribution in [0.15, 0.2) is 30.0 Å². The first-order valence-corrected chi connectivity index (χ1v) is 11.3. The van der Waals surface area contributed by atoms with Crippen molar-refractivity contribution in [1.82, 2.24) is 4.98 Å². The van der Waals surface area contributed by atoms with Gasteiger partial charge in [0.25, 0.3) is 0 Å². The van der Waals surface area contributed by atoms with Crippen LogP contribution in [-0.2, 0) is 4.79 Å². The van der Waals surface area contributed by atoms with Crippen LogP contribution in [0.1, 0.15) is 97.7 Å². The van der Waals surface area contributed by atoms with Gasteiger partial charge in [-0.15, -0.1) is 0 Å². The summed E-state index contributed by atoms with van der Waals surface area (Å²) in [7, 11) is 0. The van der Waals surface area contributed by atoms with Gasteiger partial charge in [0, 0.05) is 41.4 Å². The molecular formula is C25H50N4O. The Labute approximate surface area is 186 Å². The molecule has 0 fully saturated rings. The molecule has 0 aliphatic rings. The number of nitrogens with two attached hydrogens (primary N) is 2. The summed E-state index contributed by atoms with van der Waals surface area (Å²) >= 11 is 0. The smallest absolute Gasteiger partial charge is 0.106 e. The maximum Gasteiger partial charge on any atom is 0.106 e. The van der Waals surface area contributed by atoms with Crippen LogP contribution in [0.4, 0.5) is 0 Å². The fourth-order valence-corrected chi connectivity index (χ4v) is 2.69. The molecule has 1 rings (SSSR count). The SMILES string of the molecule is C=CN=C(C)c1cc[nH]c1C.C=O.CCCC(N)CC.CCCC(N)CCC(C)C. The van der Waals surface area contributed by atoms with Crippen LogP contribution in [0.2, 0.25) is 0 Å². The van der Waals surface area contributed by atoms with E-state index in [4.69, 9.17) is 16.3 Å². The van der Waals surface area contributed by atoms with Crippen molar-refractivity contribution in [3.63, 3.8) is 0 Å². The molecule has 1 aromatic rings. The third kappa shape index (κ3) is 21.0. The van der Waals surface area contributed by atoms with Crippen LogP contribution in [0.5, 0.6) is 0 Å². The van der Waals surface area contributed by atoms with Crippen molar-refractivity contribution in [2.45, 2.75) is 105 Å². The number of rotatable bonds is 10. The molecule has 176 valence electrons. The second kappa shape index (κ2) is 23.6. The third-order valence-corrected chi connectivity index (χ3v) is 4.59. The highest BCUT2D eigenvalue weighted by molar-refractivity contribution is 6.00. The summed E-state index contributed by atoms with van der Waals surface area (Å²) in [6, 6.07) is 2.91. The second-order valence-electron chi connectivity index (χ2n) is 7.89. The van der Waals surface area contributed by atoms with Crippen molar-refractivity contribution in [1.29, 1.82) is 0 Å². The molecule has 0 amide bonds. The largest absolute Gasteiger partial charge is 0.365 e. The predicted octanol–water partition coefficient (Wildman–Crippen LogP) is 6.16. The van der Waals surface area contributed by atoms with Gasteiger partial charge >= 0.3 is 0 Å². The lowest BCUT2D eigenvalue weighted by atomic mass is 10.0. The molecule has 0 aromatic carbocycles. The molecule has 5 nitrogen and oxygen atoms in total.